The maximum absolute atomic E-state index is 4.15. The zero-order valence-electron chi connectivity index (χ0n) is 10.3. The van der Waals surface area contributed by atoms with E-state index in [9.17, 15) is 0 Å². The van der Waals surface area contributed by atoms with Crippen LogP contribution in [0.5, 0.6) is 0 Å². The topological polar surface area (TPSA) is 24.9 Å². The van der Waals surface area contributed by atoms with Crippen LogP contribution in [0.1, 0.15) is 30.3 Å². The van der Waals surface area contributed by atoms with E-state index in [-0.39, 0.29) is 0 Å². The van der Waals surface area contributed by atoms with Gasteiger partial charge in [0, 0.05) is 29.4 Å². The molecule has 2 unspecified atom stereocenters. The van der Waals surface area contributed by atoms with Crippen molar-refractivity contribution in [1.29, 1.82) is 0 Å². The number of thiophene rings is 1. The Balaban J connectivity index is 1.88. The van der Waals surface area contributed by atoms with Gasteiger partial charge in [-0.3, -0.25) is 4.98 Å². The summed E-state index contributed by atoms with van der Waals surface area (Å²) in [6.07, 6.45) is 4.82. The predicted molar refractivity (Wildman–Crippen MR) is 73.3 cm³/mol. The monoisotopic (exact) mass is 246 g/mol. The molecule has 3 heteroatoms. The quantitative estimate of drug-likeness (QED) is 0.874. The van der Waals surface area contributed by atoms with Crippen LogP contribution in [0.3, 0.4) is 0 Å². The molecule has 0 saturated heterocycles. The summed E-state index contributed by atoms with van der Waals surface area (Å²) in [6.45, 7) is 4.41. The molecule has 0 radical (unpaired) electrons. The fourth-order valence-electron chi connectivity index (χ4n) is 1.94. The van der Waals surface area contributed by atoms with Crippen LogP contribution >= 0.6 is 11.3 Å². The molecular formula is C14H18N2S. The summed E-state index contributed by atoms with van der Waals surface area (Å²) in [5.41, 5.74) is 1.24. The lowest BCUT2D eigenvalue weighted by Crippen LogP contribution is -2.30. The Kier molecular flexibility index (Phi) is 4.29. The molecule has 90 valence electrons. The second-order valence-corrected chi connectivity index (χ2v) is 5.39. The van der Waals surface area contributed by atoms with Gasteiger partial charge in [0.05, 0.1) is 0 Å². The molecule has 0 aliphatic carbocycles. The molecule has 0 saturated carbocycles. The minimum atomic E-state index is 0.346. The summed E-state index contributed by atoms with van der Waals surface area (Å²) in [4.78, 5) is 5.58. The molecule has 17 heavy (non-hydrogen) atoms. The SMILES string of the molecule is CC(Cc1cccs1)NC(C)c1cccnc1. The molecule has 0 bridgehead atoms. The van der Waals surface area contributed by atoms with Crippen molar-refractivity contribution in [3.8, 4) is 0 Å². The van der Waals surface area contributed by atoms with Crippen molar-refractivity contribution in [2.45, 2.75) is 32.4 Å². The maximum atomic E-state index is 4.15. The molecule has 1 N–H and O–H groups in total. The molecule has 0 aromatic carbocycles. The minimum absolute atomic E-state index is 0.346. The van der Waals surface area contributed by atoms with Gasteiger partial charge in [0.1, 0.15) is 0 Å². The van der Waals surface area contributed by atoms with Crippen LogP contribution in [0.25, 0.3) is 0 Å². The lowest BCUT2D eigenvalue weighted by molar-refractivity contribution is 0.478. The summed E-state index contributed by atoms with van der Waals surface area (Å²) in [5, 5.41) is 5.73. The van der Waals surface area contributed by atoms with E-state index >= 15 is 0 Å². The average molecular weight is 246 g/mol. The van der Waals surface area contributed by atoms with Gasteiger partial charge in [-0.2, -0.15) is 0 Å². The molecule has 0 spiro atoms. The number of hydrogen-bond acceptors (Lipinski definition) is 3. The van der Waals surface area contributed by atoms with Gasteiger partial charge >= 0.3 is 0 Å². The van der Waals surface area contributed by atoms with E-state index < -0.39 is 0 Å². The van der Waals surface area contributed by atoms with Crippen LogP contribution in [0, 0.1) is 0 Å². The van der Waals surface area contributed by atoms with E-state index in [4.69, 9.17) is 0 Å². The summed E-state index contributed by atoms with van der Waals surface area (Å²) < 4.78 is 0. The summed E-state index contributed by atoms with van der Waals surface area (Å²) in [6, 6.07) is 9.22. The van der Waals surface area contributed by atoms with Crippen LogP contribution in [0.15, 0.2) is 42.0 Å². The average Bonchev–Trinajstić information content (AvgIpc) is 2.82. The molecule has 0 aliphatic heterocycles. The molecule has 2 rings (SSSR count). The van der Waals surface area contributed by atoms with Gasteiger partial charge in [0.15, 0.2) is 0 Å². The second kappa shape index (κ2) is 5.94. The molecule has 0 fully saturated rings. The molecule has 2 nitrogen and oxygen atoms in total. The third kappa shape index (κ3) is 3.65. The summed E-state index contributed by atoms with van der Waals surface area (Å²) >= 11 is 1.82. The largest absolute Gasteiger partial charge is 0.307 e. The predicted octanol–water partition coefficient (Wildman–Crippen LogP) is 3.42. The van der Waals surface area contributed by atoms with Gasteiger partial charge in [0.2, 0.25) is 0 Å². The molecule has 2 atom stereocenters. The van der Waals surface area contributed by atoms with E-state index in [1.807, 2.05) is 29.8 Å². The van der Waals surface area contributed by atoms with E-state index in [2.05, 4.69) is 47.7 Å². The van der Waals surface area contributed by atoms with Crippen molar-refractivity contribution in [3.63, 3.8) is 0 Å². The highest BCUT2D eigenvalue weighted by Crippen LogP contribution is 2.15. The Labute approximate surface area is 107 Å². The fourth-order valence-corrected chi connectivity index (χ4v) is 2.78. The Morgan fingerprint density at radius 3 is 2.82 bits per heavy atom. The van der Waals surface area contributed by atoms with E-state index in [1.54, 1.807) is 0 Å². The number of hydrogen-bond donors (Lipinski definition) is 1. The van der Waals surface area contributed by atoms with Gasteiger partial charge < -0.3 is 5.32 Å². The number of nitrogens with zero attached hydrogens (tertiary/aromatic N) is 1. The van der Waals surface area contributed by atoms with E-state index in [0.717, 1.165) is 6.42 Å². The number of aromatic nitrogens is 1. The van der Waals surface area contributed by atoms with Crippen LogP contribution in [-0.2, 0) is 6.42 Å². The zero-order chi connectivity index (χ0) is 12.1. The minimum Gasteiger partial charge on any atom is -0.307 e. The van der Waals surface area contributed by atoms with Gasteiger partial charge in [-0.15, -0.1) is 11.3 Å². The standard InChI is InChI=1S/C14H18N2S/c1-11(9-14-6-4-8-17-14)16-12(2)13-5-3-7-15-10-13/h3-8,10-12,16H,9H2,1-2H3. The number of pyridine rings is 1. The van der Waals surface area contributed by atoms with Crippen molar-refractivity contribution >= 4 is 11.3 Å². The van der Waals surface area contributed by atoms with E-state index in [1.165, 1.54) is 10.4 Å². The summed E-state index contributed by atoms with van der Waals surface area (Å²) in [5.74, 6) is 0. The van der Waals surface area contributed by atoms with Crippen molar-refractivity contribution < 1.29 is 0 Å². The first-order valence-corrected chi connectivity index (χ1v) is 6.82. The van der Waals surface area contributed by atoms with Crippen LogP contribution in [0.4, 0.5) is 0 Å². The third-order valence-corrected chi connectivity index (χ3v) is 3.71. The van der Waals surface area contributed by atoms with Gasteiger partial charge in [0.25, 0.3) is 0 Å². The molecule has 2 aromatic rings. The van der Waals surface area contributed by atoms with Crippen LogP contribution in [0.2, 0.25) is 0 Å². The lowest BCUT2D eigenvalue weighted by Gasteiger charge is -2.19. The maximum Gasteiger partial charge on any atom is 0.0315 e. The van der Waals surface area contributed by atoms with Crippen LogP contribution < -0.4 is 5.32 Å². The Bertz CT molecular complexity index is 425. The first-order chi connectivity index (χ1) is 8.25. The number of rotatable bonds is 5. The first kappa shape index (κ1) is 12.3. The van der Waals surface area contributed by atoms with Crippen molar-refractivity contribution in [2.24, 2.45) is 0 Å². The molecule has 0 amide bonds. The smallest absolute Gasteiger partial charge is 0.0315 e. The van der Waals surface area contributed by atoms with E-state index in [0.29, 0.717) is 12.1 Å². The molecular weight excluding hydrogens is 228 g/mol. The van der Waals surface area contributed by atoms with Gasteiger partial charge in [-0.25, -0.2) is 0 Å². The van der Waals surface area contributed by atoms with Gasteiger partial charge in [-0.1, -0.05) is 12.1 Å². The Hall–Kier alpha value is -1.19. The Morgan fingerprint density at radius 2 is 2.18 bits per heavy atom. The normalized spacial score (nSPS) is 14.5. The van der Waals surface area contributed by atoms with Gasteiger partial charge in [-0.05, 0) is 43.3 Å². The first-order valence-electron chi connectivity index (χ1n) is 5.94. The lowest BCUT2D eigenvalue weighted by atomic mass is 10.1. The van der Waals surface area contributed by atoms with Crippen LogP contribution in [-0.4, -0.2) is 11.0 Å². The molecule has 0 aliphatic rings. The highest BCUT2D eigenvalue weighted by molar-refractivity contribution is 7.09. The Morgan fingerprint density at radius 1 is 1.29 bits per heavy atom. The second-order valence-electron chi connectivity index (χ2n) is 4.36. The zero-order valence-corrected chi connectivity index (χ0v) is 11.1. The highest BCUT2D eigenvalue weighted by atomic mass is 32.1. The van der Waals surface area contributed by atoms with Crippen molar-refractivity contribution in [2.75, 3.05) is 0 Å². The van der Waals surface area contributed by atoms with Crippen molar-refractivity contribution in [3.05, 3.63) is 52.5 Å². The molecule has 2 aromatic heterocycles. The fraction of sp³-hybridized carbons (Fsp3) is 0.357. The highest BCUT2D eigenvalue weighted by Gasteiger charge is 2.10. The van der Waals surface area contributed by atoms with Crippen molar-refractivity contribution in [1.82, 2.24) is 10.3 Å². The summed E-state index contributed by atoms with van der Waals surface area (Å²) in [7, 11) is 0. The third-order valence-electron chi connectivity index (χ3n) is 2.81. The number of nitrogens with one attached hydrogen (secondary N) is 1. The molecule has 2 heterocycles.